The zero-order chi connectivity index (χ0) is 23.2. The number of ether oxygens (including phenoxy) is 1. The number of para-hydroxylation sites is 1. The number of aromatic nitrogens is 1. The van der Waals surface area contributed by atoms with Crippen molar-refractivity contribution >= 4 is 23.2 Å². The van der Waals surface area contributed by atoms with E-state index in [0.29, 0.717) is 41.9 Å². The molecule has 1 aromatic heterocycles. The SMILES string of the molecule is O=C(NC1CCC(NC(=O)c2csc(COc3ccccc3F)n2)CC1)c1cccc(F)c1. The Morgan fingerprint density at radius 3 is 2.36 bits per heavy atom. The van der Waals surface area contributed by atoms with Crippen LogP contribution < -0.4 is 15.4 Å². The van der Waals surface area contributed by atoms with Crippen molar-refractivity contribution < 1.29 is 23.1 Å². The normalized spacial score (nSPS) is 17.9. The molecule has 0 spiro atoms. The molecular formula is C24H23F2N3O3S. The predicted molar refractivity (Wildman–Crippen MR) is 120 cm³/mol. The first-order valence-corrected chi connectivity index (χ1v) is 11.5. The Morgan fingerprint density at radius 2 is 1.67 bits per heavy atom. The van der Waals surface area contributed by atoms with Gasteiger partial charge in [-0.05, 0) is 56.0 Å². The Balaban J connectivity index is 1.22. The molecule has 2 amide bonds. The summed E-state index contributed by atoms with van der Waals surface area (Å²) in [6, 6.07) is 11.7. The van der Waals surface area contributed by atoms with Crippen LogP contribution in [0, 0.1) is 11.6 Å². The average Bonchev–Trinajstić information content (AvgIpc) is 3.29. The largest absolute Gasteiger partial charge is 0.483 e. The summed E-state index contributed by atoms with van der Waals surface area (Å²) in [5.74, 6) is -1.32. The van der Waals surface area contributed by atoms with Gasteiger partial charge in [0.1, 0.15) is 23.1 Å². The van der Waals surface area contributed by atoms with E-state index in [4.69, 9.17) is 4.74 Å². The zero-order valence-corrected chi connectivity index (χ0v) is 18.5. The van der Waals surface area contributed by atoms with Crippen LogP contribution in [-0.2, 0) is 6.61 Å². The smallest absolute Gasteiger partial charge is 0.270 e. The Labute approximate surface area is 194 Å². The Hall–Kier alpha value is -3.33. The number of benzene rings is 2. The van der Waals surface area contributed by atoms with E-state index >= 15 is 0 Å². The molecule has 6 nitrogen and oxygen atoms in total. The summed E-state index contributed by atoms with van der Waals surface area (Å²) in [7, 11) is 0. The highest BCUT2D eigenvalue weighted by Crippen LogP contribution is 2.21. The third kappa shape index (κ3) is 6.13. The monoisotopic (exact) mass is 471 g/mol. The van der Waals surface area contributed by atoms with Gasteiger partial charge in [0.25, 0.3) is 11.8 Å². The maximum absolute atomic E-state index is 13.6. The van der Waals surface area contributed by atoms with Gasteiger partial charge in [-0.15, -0.1) is 11.3 Å². The van der Waals surface area contributed by atoms with Crippen LogP contribution in [-0.4, -0.2) is 28.9 Å². The summed E-state index contributed by atoms with van der Waals surface area (Å²) in [5.41, 5.74) is 0.595. The fourth-order valence-electron chi connectivity index (χ4n) is 3.72. The number of rotatable bonds is 7. The molecule has 0 bridgehead atoms. The lowest BCUT2D eigenvalue weighted by molar-refractivity contribution is 0.0889. The van der Waals surface area contributed by atoms with Crippen molar-refractivity contribution in [3.05, 3.63) is 81.8 Å². The quantitative estimate of drug-likeness (QED) is 0.533. The molecule has 0 aliphatic heterocycles. The van der Waals surface area contributed by atoms with Gasteiger partial charge in [0.2, 0.25) is 0 Å². The number of amides is 2. The summed E-state index contributed by atoms with van der Waals surface area (Å²) < 4.78 is 32.4. The van der Waals surface area contributed by atoms with E-state index in [1.54, 1.807) is 23.6 Å². The van der Waals surface area contributed by atoms with E-state index in [0.717, 1.165) is 0 Å². The predicted octanol–water partition coefficient (Wildman–Crippen LogP) is 4.47. The molecule has 0 radical (unpaired) electrons. The second kappa shape index (κ2) is 10.5. The van der Waals surface area contributed by atoms with Crippen LogP contribution in [0.4, 0.5) is 8.78 Å². The van der Waals surface area contributed by atoms with Crippen LogP contribution in [0.2, 0.25) is 0 Å². The first-order valence-electron chi connectivity index (χ1n) is 10.7. The van der Waals surface area contributed by atoms with Gasteiger partial charge in [-0.3, -0.25) is 9.59 Å². The Morgan fingerprint density at radius 1 is 0.970 bits per heavy atom. The number of nitrogens with zero attached hydrogens (tertiary/aromatic N) is 1. The van der Waals surface area contributed by atoms with Crippen molar-refractivity contribution in [2.24, 2.45) is 0 Å². The van der Waals surface area contributed by atoms with Gasteiger partial charge < -0.3 is 15.4 Å². The minimum atomic E-state index is -0.449. The van der Waals surface area contributed by atoms with Gasteiger partial charge in [0, 0.05) is 23.0 Å². The van der Waals surface area contributed by atoms with Crippen LogP contribution in [0.5, 0.6) is 5.75 Å². The van der Waals surface area contributed by atoms with E-state index in [-0.39, 0.29) is 36.3 Å². The molecule has 0 saturated heterocycles. The fourth-order valence-corrected chi connectivity index (χ4v) is 4.41. The van der Waals surface area contributed by atoms with E-state index in [1.165, 1.54) is 41.7 Å². The molecule has 1 aliphatic carbocycles. The van der Waals surface area contributed by atoms with Crippen molar-refractivity contribution in [2.45, 2.75) is 44.4 Å². The molecule has 1 saturated carbocycles. The highest BCUT2D eigenvalue weighted by Gasteiger charge is 2.25. The third-order valence-corrected chi connectivity index (χ3v) is 6.28. The van der Waals surface area contributed by atoms with Crippen molar-refractivity contribution in [1.29, 1.82) is 0 Å². The number of carbonyl (C=O) groups excluding carboxylic acids is 2. The highest BCUT2D eigenvalue weighted by atomic mass is 32.1. The molecule has 172 valence electrons. The van der Waals surface area contributed by atoms with Gasteiger partial charge in [-0.2, -0.15) is 0 Å². The average molecular weight is 472 g/mol. The zero-order valence-electron chi connectivity index (χ0n) is 17.7. The molecule has 0 unspecified atom stereocenters. The Bertz CT molecular complexity index is 1130. The van der Waals surface area contributed by atoms with Crippen LogP contribution in [0.25, 0.3) is 0 Å². The second-order valence-corrected chi connectivity index (χ2v) is 8.79. The Kier molecular flexibility index (Phi) is 7.29. The molecule has 3 aromatic rings. The highest BCUT2D eigenvalue weighted by molar-refractivity contribution is 7.09. The molecule has 0 atom stereocenters. The van der Waals surface area contributed by atoms with Crippen LogP contribution >= 0.6 is 11.3 Å². The lowest BCUT2D eigenvalue weighted by atomic mass is 9.91. The third-order valence-electron chi connectivity index (χ3n) is 5.46. The summed E-state index contributed by atoms with van der Waals surface area (Å²) in [5, 5.41) is 8.15. The molecule has 2 N–H and O–H groups in total. The van der Waals surface area contributed by atoms with Gasteiger partial charge >= 0.3 is 0 Å². The van der Waals surface area contributed by atoms with Crippen LogP contribution in [0.3, 0.4) is 0 Å². The van der Waals surface area contributed by atoms with Gasteiger partial charge in [0.15, 0.2) is 11.6 Å². The van der Waals surface area contributed by atoms with Gasteiger partial charge in [0.05, 0.1) is 0 Å². The number of hydrogen-bond acceptors (Lipinski definition) is 5. The topological polar surface area (TPSA) is 80.3 Å². The molecule has 1 heterocycles. The summed E-state index contributed by atoms with van der Waals surface area (Å²) >= 11 is 1.28. The minimum Gasteiger partial charge on any atom is -0.483 e. The summed E-state index contributed by atoms with van der Waals surface area (Å²) in [4.78, 5) is 29.1. The van der Waals surface area contributed by atoms with Crippen LogP contribution in [0.1, 0.15) is 51.5 Å². The van der Waals surface area contributed by atoms with E-state index in [1.807, 2.05) is 0 Å². The fraction of sp³-hybridized carbons (Fsp3) is 0.292. The van der Waals surface area contributed by atoms with Gasteiger partial charge in [-0.1, -0.05) is 18.2 Å². The van der Waals surface area contributed by atoms with Crippen molar-refractivity contribution in [1.82, 2.24) is 15.6 Å². The second-order valence-electron chi connectivity index (χ2n) is 7.85. The maximum Gasteiger partial charge on any atom is 0.270 e. The molecular weight excluding hydrogens is 448 g/mol. The lowest BCUT2D eigenvalue weighted by Gasteiger charge is -2.29. The number of thiazole rings is 1. The van der Waals surface area contributed by atoms with Crippen molar-refractivity contribution in [3.63, 3.8) is 0 Å². The standard InChI is InChI=1S/C24H23F2N3O3S/c25-16-5-3-4-15(12-16)23(30)27-17-8-10-18(11-9-17)28-24(31)20-14-33-22(29-20)13-32-21-7-2-1-6-19(21)26/h1-7,12,14,17-18H,8-11,13H2,(H,27,30)(H,28,31). The van der Waals surface area contributed by atoms with Crippen LogP contribution in [0.15, 0.2) is 53.9 Å². The van der Waals surface area contributed by atoms with E-state index in [2.05, 4.69) is 15.6 Å². The molecule has 1 aliphatic rings. The number of hydrogen-bond donors (Lipinski definition) is 2. The molecule has 1 fully saturated rings. The van der Waals surface area contributed by atoms with Gasteiger partial charge in [-0.25, -0.2) is 13.8 Å². The lowest BCUT2D eigenvalue weighted by Crippen LogP contribution is -2.43. The number of halogens is 2. The number of carbonyl (C=O) groups is 2. The van der Waals surface area contributed by atoms with Crippen molar-refractivity contribution in [3.8, 4) is 5.75 Å². The van der Waals surface area contributed by atoms with E-state index < -0.39 is 11.6 Å². The summed E-state index contributed by atoms with van der Waals surface area (Å²) in [6.45, 7) is 0.0784. The first kappa shape index (κ1) is 22.8. The minimum absolute atomic E-state index is 0.0142. The molecule has 33 heavy (non-hydrogen) atoms. The molecule has 2 aromatic carbocycles. The molecule has 9 heteroatoms. The van der Waals surface area contributed by atoms with Crippen molar-refractivity contribution in [2.75, 3.05) is 0 Å². The van der Waals surface area contributed by atoms with E-state index in [9.17, 15) is 18.4 Å². The first-order chi connectivity index (χ1) is 16.0. The summed E-state index contributed by atoms with van der Waals surface area (Å²) in [6.07, 6.45) is 2.86. The maximum atomic E-state index is 13.6. The number of nitrogens with one attached hydrogen (secondary N) is 2. The molecule has 4 rings (SSSR count).